The van der Waals surface area contributed by atoms with Gasteiger partial charge in [0.25, 0.3) is 5.92 Å². The van der Waals surface area contributed by atoms with Gasteiger partial charge in [-0.15, -0.1) is 0 Å². The van der Waals surface area contributed by atoms with Gasteiger partial charge in [-0.25, -0.2) is 14.0 Å². The Morgan fingerprint density at radius 1 is 1.38 bits per heavy atom. The van der Waals surface area contributed by atoms with E-state index in [2.05, 4.69) is 15.7 Å². The van der Waals surface area contributed by atoms with Crippen molar-refractivity contribution in [3.05, 3.63) is 46.5 Å². The lowest BCUT2D eigenvalue weighted by Gasteiger charge is -2.33. The second kappa shape index (κ2) is 8.89. The highest BCUT2D eigenvalue weighted by Crippen LogP contribution is 2.42. The molecule has 2 aromatic rings. The molecule has 0 saturated heterocycles. The van der Waals surface area contributed by atoms with Crippen LogP contribution in [0.1, 0.15) is 42.3 Å². The number of halogens is 3. The molecular formula is C22H23F3N6O3. The molecule has 3 N–H and O–H groups in total. The number of anilines is 1. The van der Waals surface area contributed by atoms with E-state index < -0.39 is 30.3 Å². The summed E-state index contributed by atoms with van der Waals surface area (Å²) >= 11 is 0. The van der Waals surface area contributed by atoms with E-state index in [1.165, 1.54) is 21.7 Å². The zero-order valence-electron chi connectivity index (χ0n) is 18.3. The van der Waals surface area contributed by atoms with Gasteiger partial charge in [-0.2, -0.15) is 19.1 Å². The molecule has 1 aromatic carbocycles. The topological polar surface area (TPSA) is 123 Å². The molecule has 0 fully saturated rings. The van der Waals surface area contributed by atoms with E-state index in [1.54, 1.807) is 13.0 Å². The zero-order valence-corrected chi connectivity index (χ0v) is 18.3. The fraction of sp³-hybridized carbons (Fsp3) is 0.455. The van der Waals surface area contributed by atoms with Crippen LogP contribution in [0.15, 0.2) is 18.2 Å². The standard InChI is InChI=1S/C22H23F3N6O3/c1-12-6-18-16(11-30(12)20(32)28-15-2-3-17(23)14(7-15)8-26)19-22(24,25)5-4-13(9-27-21(33)34)10-31(19)29-18/h2-3,7,12-13,27H,4-6,9-11H2,1H3,(H,28,32)(H,33,34)/t12-,13-/m1/s1. The van der Waals surface area contributed by atoms with Gasteiger partial charge in [-0.1, -0.05) is 0 Å². The Kier molecular flexibility index (Phi) is 6.12. The molecule has 3 amide bonds. The number of hydrogen-bond donors (Lipinski definition) is 3. The largest absolute Gasteiger partial charge is 0.465 e. The highest BCUT2D eigenvalue weighted by atomic mass is 19.3. The van der Waals surface area contributed by atoms with Crippen LogP contribution < -0.4 is 10.6 Å². The summed E-state index contributed by atoms with van der Waals surface area (Å²) in [5, 5.41) is 27.1. The fourth-order valence-electron chi connectivity index (χ4n) is 4.53. The Hall–Kier alpha value is -3.75. The number of aromatic nitrogens is 2. The number of nitriles is 1. The van der Waals surface area contributed by atoms with Crippen molar-refractivity contribution in [3.8, 4) is 6.07 Å². The molecule has 4 rings (SSSR count). The minimum atomic E-state index is -3.18. The van der Waals surface area contributed by atoms with Crippen molar-refractivity contribution in [2.75, 3.05) is 11.9 Å². The molecule has 0 aliphatic carbocycles. The van der Waals surface area contributed by atoms with Crippen molar-refractivity contribution in [2.45, 2.75) is 51.2 Å². The third kappa shape index (κ3) is 4.50. The number of fused-ring (bicyclic) bond motifs is 3. The normalized spacial score (nSPS) is 21.0. The Morgan fingerprint density at radius 2 is 2.15 bits per heavy atom. The average molecular weight is 476 g/mol. The number of carbonyl (C=O) groups is 2. The van der Waals surface area contributed by atoms with Crippen LogP contribution in [-0.4, -0.2) is 44.5 Å². The number of hydrogen-bond acceptors (Lipinski definition) is 4. The number of carbonyl (C=O) groups excluding carboxylic acids is 1. The lowest BCUT2D eigenvalue weighted by Crippen LogP contribution is -2.45. The number of amides is 3. The predicted molar refractivity (Wildman–Crippen MR) is 114 cm³/mol. The molecule has 12 heteroatoms. The van der Waals surface area contributed by atoms with Gasteiger partial charge >= 0.3 is 12.1 Å². The minimum Gasteiger partial charge on any atom is -0.465 e. The van der Waals surface area contributed by atoms with Crippen molar-refractivity contribution in [1.29, 1.82) is 5.26 Å². The molecule has 3 heterocycles. The maximum atomic E-state index is 15.2. The number of rotatable bonds is 3. The molecule has 0 spiro atoms. The second-order valence-corrected chi connectivity index (χ2v) is 8.67. The van der Waals surface area contributed by atoms with Crippen LogP contribution in [-0.2, 0) is 25.4 Å². The summed E-state index contributed by atoms with van der Waals surface area (Å²) < 4.78 is 45.2. The van der Waals surface area contributed by atoms with E-state index >= 15 is 8.78 Å². The Balaban J connectivity index is 1.58. The summed E-state index contributed by atoms with van der Waals surface area (Å²) in [6, 6.07) is 4.39. The molecule has 0 radical (unpaired) electrons. The Morgan fingerprint density at radius 3 is 2.85 bits per heavy atom. The molecule has 180 valence electrons. The molecular weight excluding hydrogens is 453 g/mol. The van der Waals surface area contributed by atoms with E-state index in [0.29, 0.717) is 11.3 Å². The lowest BCUT2D eigenvalue weighted by molar-refractivity contribution is -0.0219. The predicted octanol–water partition coefficient (Wildman–Crippen LogP) is 3.64. The first kappa shape index (κ1) is 23.4. The maximum absolute atomic E-state index is 15.2. The van der Waals surface area contributed by atoms with Crippen LogP contribution >= 0.6 is 0 Å². The summed E-state index contributed by atoms with van der Waals surface area (Å²) in [4.78, 5) is 25.2. The summed E-state index contributed by atoms with van der Waals surface area (Å²) in [5.41, 5.74) is 0.543. The molecule has 2 aliphatic rings. The van der Waals surface area contributed by atoms with Gasteiger partial charge in [0.05, 0.1) is 17.8 Å². The van der Waals surface area contributed by atoms with Gasteiger partial charge in [0, 0.05) is 43.2 Å². The van der Waals surface area contributed by atoms with Crippen LogP contribution in [0, 0.1) is 23.1 Å². The fourth-order valence-corrected chi connectivity index (χ4v) is 4.53. The third-order valence-corrected chi connectivity index (χ3v) is 6.27. The monoisotopic (exact) mass is 476 g/mol. The van der Waals surface area contributed by atoms with Crippen LogP contribution in [0.2, 0.25) is 0 Å². The number of nitrogens with zero attached hydrogens (tertiary/aromatic N) is 4. The van der Waals surface area contributed by atoms with Crippen LogP contribution in [0.4, 0.5) is 28.4 Å². The number of urea groups is 1. The van der Waals surface area contributed by atoms with Crippen molar-refractivity contribution < 1.29 is 27.9 Å². The second-order valence-electron chi connectivity index (χ2n) is 8.67. The van der Waals surface area contributed by atoms with Crippen molar-refractivity contribution in [1.82, 2.24) is 20.0 Å². The molecule has 0 unspecified atom stereocenters. The number of benzene rings is 1. The number of nitrogens with one attached hydrogen (secondary N) is 2. The lowest BCUT2D eigenvalue weighted by atomic mass is 9.95. The van der Waals surface area contributed by atoms with Gasteiger partial charge in [0.1, 0.15) is 17.6 Å². The summed E-state index contributed by atoms with van der Waals surface area (Å²) in [6.07, 6.45) is -1.28. The third-order valence-electron chi connectivity index (χ3n) is 6.27. The van der Waals surface area contributed by atoms with Crippen molar-refractivity contribution in [2.24, 2.45) is 5.92 Å². The van der Waals surface area contributed by atoms with E-state index in [0.717, 1.165) is 6.07 Å². The van der Waals surface area contributed by atoms with E-state index in [-0.39, 0.29) is 61.4 Å². The van der Waals surface area contributed by atoms with Crippen molar-refractivity contribution >= 4 is 17.8 Å². The summed E-state index contributed by atoms with van der Waals surface area (Å²) in [6.45, 7) is 1.88. The minimum absolute atomic E-state index is 0.0443. The van der Waals surface area contributed by atoms with Gasteiger partial charge in [0.2, 0.25) is 0 Å². The number of alkyl halides is 2. The molecule has 2 atom stereocenters. The molecule has 9 nitrogen and oxygen atoms in total. The molecule has 0 saturated carbocycles. The first-order chi connectivity index (χ1) is 16.1. The first-order valence-corrected chi connectivity index (χ1v) is 10.8. The zero-order chi connectivity index (χ0) is 24.6. The first-order valence-electron chi connectivity index (χ1n) is 10.8. The number of carboxylic acid groups (broad SMARTS) is 1. The van der Waals surface area contributed by atoms with Gasteiger partial charge in [-0.3, -0.25) is 4.68 Å². The average Bonchev–Trinajstić information content (AvgIpc) is 3.07. The van der Waals surface area contributed by atoms with Gasteiger partial charge < -0.3 is 20.6 Å². The van der Waals surface area contributed by atoms with Gasteiger partial charge in [0.15, 0.2) is 0 Å². The van der Waals surface area contributed by atoms with E-state index in [4.69, 9.17) is 10.4 Å². The maximum Gasteiger partial charge on any atom is 0.404 e. The van der Waals surface area contributed by atoms with E-state index in [9.17, 15) is 14.0 Å². The Bertz CT molecular complexity index is 1180. The van der Waals surface area contributed by atoms with Crippen LogP contribution in [0.3, 0.4) is 0 Å². The van der Waals surface area contributed by atoms with Crippen LogP contribution in [0.25, 0.3) is 0 Å². The quantitative estimate of drug-likeness (QED) is 0.624. The molecule has 0 bridgehead atoms. The molecule has 1 aromatic heterocycles. The van der Waals surface area contributed by atoms with Gasteiger partial charge in [-0.05, 0) is 37.5 Å². The smallest absolute Gasteiger partial charge is 0.404 e. The summed E-state index contributed by atoms with van der Waals surface area (Å²) in [7, 11) is 0. The molecule has 34 heavy (non-hydrogen) atoms. The van der Waals surface area contributed by atoms with Crippen molar-refractivity contribution in [3.63, 3.8) is 0 Å². The van der Waals surface area contributed by atoms with E-state index in [1.807, 2.05) is 0 Å². The van der Waals surface area contributed by atoms with Crippen LogP contribution in [0.5, 0.6) is 0 Å². The molecule has 2 aliphatic heterocycles. The summed E-state index contributed by atoms with van der Waals surface area (Å²) in [5.74, 6) is -4.23. The Labute approximate surface area is 193 Å². The highest BCUT2D eigenvalue weighted by Gasteiger charge is 2.44. The highest BCUT2D eigenvalue weighted by molar-refractivity contribution is 5.90. The SMILES string of the molecule is C[C@@H]1Cc2nn3c(c2CN1C(=O)Nc1ccc(F)c(C#N)c1)C(F)(F)CC[C@H](CNC(=O)O)C3.